The van der Waals surface area contributed by atoms with Gasteiger partial charge in [0.05, 0.1) is 10.6 Å². The highest BCUT2D eigenvalue weighted by atomic mass is 79.9. The third-order valence-corrected chi connectivity index (χ3v) is 5.52. The van der Waals surface area contributed by atoms with Crippen molar-refractivity contribution >= 4 is 43.1 Å². The Kier molecular flexibility index (Phi) is 4.36. The number of nitrogens with two attached hydrogens (primary N) is 1. The van der Waals surface area contributed by atoms with Gasteiger partial charge in [0, 0.05) is 20.7 Å². The molecule has 0 aromatic heterocycles. The molecule has 0 radical (unpaired) electrons. The summed E-state index contributed by atoms with van der Waals surface area (Å²) in [5.74, 6) is -1.09. The standard InChI is InChI=1S/C13H10BrClFNO2S/c14-11-6-10(17)3-4-13(11)20(18,19)7-8-1-2-9(15)5-12(8)16/h1-6H,7,17H2. The average Bonchev–Trinajstić information content (AvgIpc) is 2.32. The lowest BCUT2D eigenvalue weighted by Gasteiger charge is -2.08. The Bertz CT molecular complexity index is 765. The molecular formula is C13H10BrClFNO2S. The molecule has 2 N–H and O–H groups in total. The number of hydrogen-bond acceptors (Lipinski definition) is 3. The Hall–Kier alpha value is -1.11. The van der Waals surface area contributed by atoms with E-state index < -0.39 is 21.4 Å². The molecule has 3 nitrogen and oxygen atoms in total. The van der Waals surface area contributed by atoms with Gasteiger partial charge in [-0.3, -0.25) is 0 Å². The van der Waals surface area contributed by atoms with E-state index in [1.165, 1.54) is 30.3 Å². The highest BCUT2D eigenvalue weighted by molar-refractivity contribution is 9.10. The molecule has 20 heavy (non-hydrogen) atoms. The van der Waals surface area contributed by atoms with Crippen molar-refractivity contribution in [3.8, 4) is 0 Å². The van der Waals surface area contributed by atoms with Gasteiger partial charge in [-0.25, -0.2) is 12.8 Å². The van der Waals surface area contributed by atoms with E-state index in [0.29, 0.717) is 10.2 Å². The molecule has 0 heterocycles. The SMILES string of the molecule is Nc1ccc(S(=O)(=O)Cc2ccc(Cl)cc2F)c(Br)c1. The zero-order valence-electron chi connectivity index (χ0n) is 10.1. The summed E-state index contributed by atoms with van der Waals surface area (Å²) in [5, 5.41) is 0.220. The lowest BCUT2D eigenvalue weighted by molar-refractivity contribution is 0.586. The molecule has 2 aromatic rings. The van der Waals surface area contributed by atoms with Crippen molar-refractivity contribution in [1.82, 2.24) is 0 Å². The van der Waals surface area contributed by atoms with Crippen LogP contribution in [0.3, 0.4) is 0 Å². The van der Waals surface area contributed by atoms with Gasteiger partial charge in [0.2, 0.25) is 0 Å². The summed E-state index contributed by atoms with van der Waals surface area (Å²) in [6.07, 6.45) is 0. The lowest BCUT2D eigenvalue weighted by Crippen LogP contribution is -2.07. The first kappa shape index (κ1) is 15.3. The van der Waals surface area contributed by atoms with Crippen LogP contribution in [0.2, 0.25) is 5.02 Å². The van der Waals surface area contributed by atoms with Crippen molar-refractivity contribution in [3.05, 3.63) is 57.3 Å². The molecule has 0 aliphatic heterocycles. The summed E-state index contributed by atoms with van der Waals surface area (Å²) in [4.78, 5) is 0.0704. The fourth-order valence-electron chi connectivity index (χ4n) is 1.69. The molecule has 0 unspecified atom stereocenters. The second-order valence-electron chi connectivity index (χ2n) is 4.18. The van der Waals surface area contributed by atoms with E-state index in [4.69, 9.17) is 17.3 Å². The first-order valence-corrected chi connectivity index (χ1v) is 8.33. The van der Waals surface area contributed by atoms with E-state index >= 15 is 0 Å². The third-order valence-electron chi connectivity index (χ3n) is 2.65. The van der Waals surface area contributed by atoms with Gasteiger partial charge in [-0.05, 0) is 46.3 Å². The van der Waals surface area contributed by atoms with Crippen LogP contribution in [0, 0.1) is 5.82 Å². The third kappa shape index (κ3) is 3.31. The van der Waals surface area contributed by atoms with E-state index in [-0.39, 0.29) is 15.5 Å². The fourth-order valence-corrected chi connectivity index (χ4v) is 4.42. The Morgan fingerprint density at radius 3 is 2.50 bits per heavy atom. The minimum atomic E-state index is -3.68. The average molecular weight is 379 g/mol. The van der Waals surface area contributed by atoms with Crippen LogP contribution in [-0.4, -0.2) is 8.42 Å². The van der Waals surface area contributed by atoms with E-state index in [9.17, 15) is 12.8 Å². The maximum absolute atomic E-state index is 13.7. The summed E-state index contributed by atoms with van der Waals surface area (Å²) in [5.41, 5.74) is 6.07. The monoisotopic (exact) mass is 377 g/mol. The summed E-state index contributed by atoms with van der Waals surface area (Å²) in [6.45, 7) is 0. The molecule has 0 fully saturated rings. The molecule has 2 aromatic carbocycles. The Balaban J connectivity index is 2.41. The van der Waals surface area contributed by atoms with Gasteiger partial charge in [-0.15, -0.1) is 0 Å². The van der Waals surface area contributed by atoms with Crippen LogP contribution < -0.4 is 5.73 Å². The summed E-state index contributed by atoms with van der Waals surface area (Å²) < 4.78 is 38.6. The number of sulfone groups is 1. The first-order chi connectivity index (χ1) is 9.29. The second-order valence-corrected chi connectivity index (χ2v) is 7.43. The van der Waals surface area contributed by atoms with Crippen LogP contribution in [0.4, 0.5) is 10.1 Å². The van der Waals surface area contributed by atoms with E-state index in [1.807, 2.05) is 0 Å². The van der Waals surface area contributed by atoms with Crippen LogP contribution in [0.15, 0.2) is 45.8 Å². The van der Waals surface area contributed by atoms with Crippen molar-refractivity contribution in [3.63, 3.8) is 0 Å². The minimum absolute atomic E-state index is 0.0677. The van der Waals surface area contributed by atoms with Crippen LogP contribution in [-0.2, 0) is 15.6 Å². The molecule has 0 aliphatic rings. The quantitative estimate of drug-likeness (QED) is 0.827. The van der Waals surface area contributed by atoms with Crippen molar-refractivity contribution in [2.75, 3.05) is 5.73 Å². The van der Waals surface area contributed by atoms with Gasteiger partial charge in [0.15, 0.2) is 9.84 Å². The van der Waals surface area contributed by atoms with Gasteiger partial charge >= 0.3 is 0 Å². The Morgan fingerprint density at radius 2 is 1.90 bits per heavy atom. The van der Waals surface area contributed by atoms with Crippen molar-refractivity contribution in [1.29, 1.82) is 0 Å². The maximum Gasteiger partial charge on any atom is 0.183 e. The molecule has 0 bridgehead atoms. The smallest absolute Gasteiger partial charge is 0.183 e. The highest BCUT2D eigenvalue weighted by Gasteiger charge is 2.20. The lowest BCUT2D eigenvalue weighted by atomic mass is 10.2. The van der Waals surface area contributed by atoms with Crippen molar-refractivity contribution in [2.24, 2.45) is 0 Å². The van der Waals surface area contributed by atoms with Crippen LogP contribution >= 0.6 is 27.5 Å². The summed E-state index contributed by atoms with van der Waals surface area (Å²) >= 11 is 8.79. The van der Waals surface area contributed by atoms with E-state index in [0.717, 1.165) is 6.07 Å². The number of nitrogen functional groups attached to an aromatic ring is 1. The van der Waals surface area contributed by atoms with Gasteiger partial charge < -0.3 is 5.73 Å². The largest absolute Gasteiger partial charge is 0.399 e. The molecule has 7 heteroatoms. The normalized spacial score (nSPS) is 11.6. The van der Waals surface area contributed by atoms with Crippen LogP contribution in [0.25, 0.3) is 0 Å². The Labute approximate surface area is 129 Å². The number of rotatable bonds is 3. The predicted octanol–water partition coefficient (Wildman–Crippen LogP) is 3.80. The number of benzene rings is 2. The zero-order chi connectivity index (χ0) is 14.9. The molecule has 0 amide bonds. The molecule has 0 atom stereocenters. The molecule has 0 aliphatic carbocycles. The van der Waals surface area contributed by atoms with Crippen LogP contribution in [0.1, 0.15) is 5.56 Å². The van der Waals surface area contributed by atoms with Crippen molar-refractivity contribution in [2.45, 2.75) is 10.6 Å². The molecule has 106 valence electrons. The Morgan fingerprint density at radius 1 is 1.20 bits per heavy atom. The zero-order valence-corrected chi connectivity index (χ0v) is 13.3. The van der Waals surface area contributed by atoms with Crippen molar-refractivity contribution < 1.29 is 12.8 Å². The molecule has 0 saturated heterocycles. The number of hydrogen-bond donors (Lipinski definition) is 1. The topological polar surface area (TPSA) is 60.2 Å². The highest BCUT2D eigenvalue weighted by Crippen LogP contribution is 2.28. The maximum atomic E-state index is 13.7. The predicted molar refractivity (Wildman–Crippen MR) is 80.9 cm³/mol. The van der Waals surface area contributed by atoms with E-state index in [1.54, 1.807) is 0 Å². The molecule has 0 saturated carbocycles. The first-order valence-electron chi connectivity index (χ1n) is 5.51. The van der Waals surface area contributed by atoms with Gasteiger partial charge in [0.1, 0.15) is 5.82 Å². The summed E-state index contributed by atoms with van der Waals surface area (Å²) in [6, 6.07) is 8.27. The summed E-state index contributed by atoms with van der Waals surface area (Å²) in [7, 11) is -3.68. The van der Waals surface area contributed by atoms with Gasteiger partial charge in [-0.1, -0.05) is 17.7 Å². The van der Waals surface area contributed by atoms with Gasteiger partial charge in [0.25, 0.3) is 0 Å². The molecule has 2 rings (SSSR count). The molecular weight excluding hydrogens is 369 g/mol. The van der Waals surface area contributed by atoms with Gasteiger partial charge in [-0.2, -0.15) is 0 Å². The number of halogens is 3. The minimum Gasteiger partial charge on any atom is -0.399 e. The fraction of sp³-hybridized carbons (Fsp3) is 0.0769. The second kappa shape index (κ2) is 5.71. The van der Waals surface area contributed by atoms with Crippen LogP contribution in [0.5, 0.6) is 0 Å². The molecule has 0 spiro atoms. The number of anilines is 1. The van der Waals surface area contributed by atoms with E-state index in [2.05, 4.69) is 15.9 Å².